The molecule has 0 nitrogen and oxygen atoms in total. The second-order valence-electron chi connectivity index (χ2n) is 9.97. The highest BCUT2D eigenvalue weighted by molar-refractivity contribution is 6.89. The van der Waals surface area contributed by atoms with Crippen molar-refractivity contribution in [3.63, 3.8) is 0 Å². The molecule has 0 amide bonds. The molecule has 0 saturated carbocycles. The molecule has 1 aliphatic carbocycles. The molecule has 152 valence electrons. The van der Waals surface area contributed by atoms with E-state index in [-0.39, 0.29) is 0 Å². The second kappa shape index (κ2) is 8.24. The number of allylic oxidation sites excluding steroid dienone is 4. The summed E-state index contributed by atoms with van der Waals surface area (Å²) in [6.45, 7) is 21.2. The van der Waals surface area contributed by atoms with Crippen LogP contribution in [0, 0.1) is 19.8 Å². The molecule has 1 unspecified atom stereocenters. The van der Waals surface area contributed by atoms with Gasteiger partial charge in [-0.05, 0) is 63.8 Å². The molecule has 0 heterocycles. The van der Waals surface area contributed by atoms with Gasteiger partial charge in [0.05, 0.1) is 17.6 Å². The molecule has 3 rings (SSSR count). The van der Waals surface area contributed by atoms with Crippen molar-refractivity contribution < 1.29 is 0 Å². The van der Waals surface area contributed by atoms with E-state index in [0.717, 1.165) is 9.52 Å². The first-order valence-electron chi connectivity index (χ1n) is 10.8. The Morgan fingerprint density at radius 1 is 0.759 bits per heavy atom. The van der Waals surface area contributed by atoms with Crippen molar-refractivity contribution in [2.24, 2.45) is 5.92 Å². The van der Waals surface area contributed by atoms with Crippen molar-refractivity contribution in [2.45, 2.75) is 66.7 Å². The van der Waals surface area contributed by atoms with Gasteiger partial charge >= 0.3 is 0 Å². The molecular weight excluding hydrogens is 380 g/mol. The first-order valence-corrected chi connectivity index (χ1v) is 15.4. The van der Waals surface area contributed by atoms with Crippen molar-refractivity contribution in [2.75, 3.05) is 0 Å². The Kier molecular flexibility index (Phi) is 6.26. The summed E-state index contributed by atoms with van der Waals surface area (Å²) in [6, 6.07) is 16.6. The van der Waals surface area contributed by atoms with E-state index < -0.39 is 8.07 Å². The number of aryl methyl sites for hydroxylation is 2. The summed E-state index contributed by atoms with van der Waals surface area (Å²) in [7, 11) is -0.550. The monoisotopic (exact) mass is 416 g/mol. The molecule has 2 aromatic carbocycles. The summed E-state index contributed by atoms with van der Waals surface area (Å²) in [5.74, 6) is 0.519. The Hall–Kier alpha value is -1.65. The first-order chi connectivity index (χ1) is 13.5. The van der Waals surface area contributed by atoms with E-state index in [1.807, 2.05) is 0 Å². The van der Waals surface area contributed by atoms with E-state index in [9.17, 15) is 0 Å². The average Bonchev–Trinajstić information content (AvgIpc) is 2.82. The number of hydrogen-bond acceptors (Lipinski definition) is 0. The van der Waals surface area contributed by atoms with Crippen LogP contribution in [0.2, 0.25) is 19.6 Å². The van der Waals surface area contributed by atoms with Crippen LogP contribution in [0.3, 0.4) is 0 Å². The highest BCUT2D eigenvalue weighted by Gasteiger charge is 2.33. The Morgan fingerprint density at radius 3 is 1.93 bits per heavy atom. The summed E-state index contributed by atoms with van der Waals surface area (Å²) in [6.07, 6.45) is 0. The van der Waals surface area contributed by atoms with Crippen molar-refractivity contribution in [1.82, 2.24) is 0 Å². The van der Waals surface area contributed by atoms with Crippen molar-refractivity contribution in [3.05, 3.63) is 81.4 Å². The number of rotatable bonds is 5. The molecule has 0 bridgehead atoms. The van der Waals surface area contributed by atoms with E-state index in [1.165, 1.54) is 33.0 Å². The maximum absolute atomic E-state index is 2.52. The minimum absolute atomic E-state index is 0.513. The van der Waals surface area contributed by atoms with Gasteiger partial charge in [0.15, 0.2) is 0 Å². The molecule has 1 atom stereocenters. The summed E-state index contributed by atoms with van der Waals surface area (Å²) in [4.78, 5) is 0. The van der Waals surface area contributed by atoms with Crippen LogP contribution in [0.4, 0.5) is 0 Å². The second-order valence-corrected chi connectivity index (χ2v) is 16.5. The Labute approximate surface area is 182 Å². The zero-order chi connectivity index (χ0) is 21.5. The largest absolute Gasteiger partial charge is 0.0900 e. The third-order valence-corrected chi connectivity index (χ3v) is 10.3. The summed E-state index contributed by atoms with van der Waals surface area (Å²) >= 11 is 0. The topological polar surface area (TPSA) is 0 Å². The lowest BCUT2D eigenvalue weighted by Gasteiger charge is -2.28. The van der Waals surface area contributed by atoms with E-state index in [1.54, 1.807) is 16.3 Å². The Bertz CT molecular complexity index is 962. The quantitative estimate of drug-likeness (QED) is 0.507. The molecule has 0 spiro atoms. The minimum Gasteiger partial charge on any atom is -0.0656 e. The van der Waals surface area contributed by atoms with Gasteiger partial charge in [0.2, 0.25) is 0 Å². The van der Waals surface area contributed by atoms with Crippen molar-refractivity contribution >= 4 is 28.0 Å². The smallest absolute Gasteiger partial charge is 0.0656 e. The molecule has 2 heteroatoms. The van der Waals surface area contributed by atoms with Crippen LogP contribution in [0.25, 0.3) is 0 Å². The summed E-state index contributed by atoms with van der Waals surface area (Å²) in [5.41, 5.74) is 10.9. The fourth-order valence-corrected chi connectivity index (χ4v) is 7.90. The van der Waals surface area contributed by atoms with Gasteiger partial charge in [-0.1, -0.05) is 94.8 Å². The Balaban J connectivity index is 2.10. The standard InChI is InChI=1S/C27H36Si2/c1-17-11-10-12-23(13-17)27(26-21(5)19(3)20(4)22(26)6)28-24-14-18(2)15-25(16-24)29(7,8)9/h10-16,26-27H,1-9H3. The summed E-state index contributed by atoms with van der Waals surface area (Å²) in [5, 5.41) is 3.11. The van der Waals surface area contributed by atoms with Crippen LogP contribution in [0.5, 0.6) is 0 Å². The SMILES string of the molecule is CC1=C(C)C(C([Si]c2cc(C)cc([Si](C)(C)C)c2)c2cccc(C)c2)C(C)=C1C. The lowest BCUT2D eigenvalue weighted by atomic mass is 9.88. The Morgan fingerprint density at radius 2 is 1.38 bits per heavy atom. The van der Waals surface area contributed by atoms with Gasteiger partial charge in [-0.2, -0.15) is 0 Å². The fourth-order valence-electron chi connectivity index (χ4n) is 4.58. The highest BCUT2D eigenvalue weighted by atomic mass is 28.3. The van der Waals surface area contributed by atoms with E-state index in [4.69, 9.17) is 0 Å². The van der Waals surface area contributed by atoms with Gasteiger partial charge < -0.3 is 0 Å². The van der Waals surface area contributed by atoms with Gasteiger partial charge in [-0.15, -0.1) is 0 Å². The maximum Gasteiger partial charge on any atom is 0.0900 e. The first kappa shape index (κ1) is 22.0. The van der Waals surface area contributed by atoms with Crippen LogP contribution in [-0.2, 0) is 0 Å². The zero-order valence-electron chi connectivity index (χ0n) is 19.7. The molecular formula is C27H36Si2. The number of benzene rings is 2. The van der Waals surface area contributed by atoms with E-state index in [0.29, 0.717) is 11.5 Å². The van der Waals surface area contributed by atoms with Crippen LogP contribution in [-0.4, -0.2) is 17.6 Å². The zero-order valence-corrected chi connectivity index (χ0v) is 21.7. The predicted molar refractivity (Wildman–Crippen MR) is 134 cm³/mol. The predicted octanol–water partition coefficient (Wildman–Crippen LogP) is 6.22. The molecule has 0 N–H and O–H groups in total. The third kappa shape index (κ3) is 4.59. The van der Waals surface area contributed by atoms with Crippen LogP contribution in [0.15, 0.2) is 64.8 Å². The van der Waals surface area contributed by atoms with Gasteiger partial charge in [0, 0.05) is 5.92 Å². The van der Waals surface area contributed by atoms with E-state index in [2.05, 4.69) is 104 Å². The molecule has 2 radical (unpaired) electrons. The van der Waals surface area contributed by atoms with Crippen LogP contribution < -0.4 is 10.4 Å². The molecule has 0 fully saturated rings. The fraction of sp³-hybridized carbons (Fsp3) is 0.407. The average molecular weight is 417 g/mol. The summed E-state index contributed by atoms with van der Waals surface area (Å²) < 4.78 is 0. The minimum atomic E-state index is -1.33. The lowest BCUT2D eigenvalue weighted by molar-refractivity contribution is 0.686. The number of hydrogen-bond donors (Lipinski definition) is 0. The maximum atomic E-state index is 2.52. The van der Waals surface area contributed by atoms with Gasteiger partial charge in [0.1, 0.15) is 0 Å². The molecule has 29 heavy (non-hydrogen) atoms. The third-order valence-electron chi connectivity index (χ3n) is 6.68. The highest BCUT2D eigenvalue weighted by Crippen LogP contribution is 2.44. The molecule has 2 aromatic rings. The van der Waals surface area contributed by atoms with Crippen molar-refractivity contribution in [1.29, 1.82) is 0 Å². The van der Waals surface area contributed by atoms with E-state index >= 15 is 0 Å². The molecule has 0 aliphatic heterocycles. The molecule has 1 aliphatic rings. The van der Waals surface area contributed by atoms with Gasteiger partial charge in [-0.3, -0.25) is 0 Å². The van der Waals surface area contributed by atoms with Crippen LogP contribution >= 0.6 is 0 Å². The van der Waals surface area contributed by atoms with Crippen LogP contribution in [0.1, 0.15) is 49.9 Å². The molecule has 0 aromatic heterocycles. The van der Waals surface area contributed by atoms with Gasteiger partial charge in [0.25, 0.3) is 0 Å². The molecule has 0 saturated heterocycles. The van der Waals surface area contributed by atoms with Gasteiger partial charge in [-0.25, -0.2) is 0 Å². The van der Waals surface area contributed by atoms with Crippen molar-refractivity contribution in [3.8, 4) is 0 Å². The normalized spacial score (nSPS) is 16.7. The lowest BCUT2D eigenvalue weighted by Crippen LogP contribution is -2.41.